The van der Waals surface area contributed by atoms with E-state index < -0.39 is 15.9 Å². The van der Waals surface area contributed by atoms with E-state index in [0.29, 0.717) is 11.3 Å². The molecule has 0 unspecified atom stereocenters. The molecule has 0 aromatic carbocycles. The van der Waals surface area contributed by atoms with Crippen molar-refractivity contribution in [1.29, 1.82) is 0 Å². The van der Waals surface area contributed by atoms with Crippen LogP contribution in [0.1, 0.15) is 21.0 Å². The lowest BCUT2D eigenvalue weighted by Gasteiger charge is -2.29. The highest BCUT2D eigenvalue weighted by Crippen LogP contribution is 2.31. The zero-order valence-corrected chi connectivity index (χ0v) is 16.3. The number of fused-ring (bicyclic) bond motifs is 1. The van der Waals surface area contributed by atoms with Gasteiger partial charge < -0.3 is 11.1 Å². The number of thiophene rings is 1. The van der Waals surface area contributed by atoms with Crippen LogP contribution in [0.3, 0.4) is 0 Å². The molecule has 1 saturated heterocycles. The molecular weight excluding hydrogens is 386 g/mol. The van der Waals surface area contributed by atoms with Gasteiger partial charge in [-0.2, -0.15) is 5.10 Å². The summed E-state index contributed by atoms with van der Waals surface area (Å²) < 4.78 is 25.0. The lowest BCUT2D eigenvalue weighted by atomic mass is 10.1. The predicted molar refractivity (Wildman–Crippen MR) is 104 cm³/mol. The van der Waals surface area contributed by atoms with E-state index in [4.69, 9.17) is 5.73 Å². The number of imidazole rings is 1. The van der Waals surface area contributed by atoms with E-state index in [9.17, 15) is 13.2 Å². The Morgan fingerprint density at radius 3 is 3.04 bits per heavy atom. The minimum Gasteiger partial charge on any atom is -0.347 e. The predicted octanol–water partition coefficient (Wildman–Crippen LogP) is 1.01. The molecule has 2 atom stereocenters. The van der Waals surface area contributed by atoms with Crippen LogP contribution in [0, 0.1) is 6.92 Å². The molecule has 4 heterocycles. The summed E-state index contributed by atoms with van der Waals surface area (Å²) >= 11 is 1.38. The highest BCUT2D eigenvalue weighted by Gasteiger charge is 2.32. The van der Waals surface area contributed by atoms with Gasteiger partial charge in [0.25, 0.3) is 5.91 Å². The van der Waals surface area contributed by atoms with Crippen molar-refractivity contribution in [3.8, 4) is 11.3 Å². The van der Waals surface area contributed by atoms with E-state index in [-0.39, 0.29) is 23.5 Å². The summed E-state index contributed by atoms with van der Waals surface area (Å²) in [4.78, 5) is 18.5. The van der Waals surface area contributed by atoms with E-state index in [2.05, 4.69) is 15.4 Å². The number of nitrogens with zero attached hydrogens (tertiary/aromatic N) is 3. The minimum atomic E-state index is -3.11. The third-order valence-corrected chi connectivity index (χ3v) is 7.51. The van der Waals surface area contributed by atoms with E-state index in [0.717, 1.165) is 21.8 Å². The Hall–Kier alpha value is -2.30. The first-order valence-electron chi connectivity index (χ1n) is 8.50. The van der Waals surface area contributed by atoms with E-state index in [1.165, 1.54) is 11.3 Å². The number of rotatable bonds is 3. The van der Waals surface area contributed by atoms with Gasteiger partial charge in [-0.3, -0.25) is 4.79 Å². The van der Waals surface area contributed by atoms with E-state index >= 15 is 0 Å². The number of aromatic nitrogens is 3. The number of hydrogen-bond acceptors (Lipinski definition) is 7. The maximum Gasteiger partial charge on any atom is 0.261 e. The van der Waals surface area contributed by atoms with E-state index in [1.54, 1.807) is 16.9 Å². The van der Waals surface area contributed by atoms with Gasteiger partial charge in [-0.05, 0) is 31.5 Å². The Labute approximate surface area is 160 Å². The Bertz CT molecular complexity index is 1120. The topological polar surface area (TPSA) is 119 Å². The van der Waals surface area contributed by atoms with Crippen molar-refractivity contribution in [2.75, 3.05) is 11.5 Å². The maximum atomic E-state index is 12.7. The molecule has 1 amide bonds. The van der Waals surface area contributed by atoms with Crippen LogP contribution in [0.15, 0.2) is 30.6 Å². The highest BCUT2D eigenvalue weighted by atomic mass is 32.2. The van der Waals surface area contributed by atoms with Crippen molar-refractivity contribution < 1.29 is 13.2 Å². The average molecular weight is 406 g/mol. The first kappa shape index (κ1) is 18.1. The minimum absolute atomic E-state index is 0.0495. The van der Waals surface area contributed by atoms with Crippen LogP contribution in [-0.4, -0.2) is 52.5 Å². The molecule has 1 aliphatic heterocycles. The van der Waals surface area contributed by atoms with Crippen LogP contribution in [0.25, 0.3) is 16.9 Å². The maximum absolute atomic E-state index is 12.7. The van der Waals surface area contributed by atoms with Crippen LogP contribution in [0.4, 0.5) is 0 Å². The molecule has 0 bridgehead atoms. The molecule has 27 heavy (non-hydrogen) atoms. The lowest BCUT2D eigenvalue weighted by Crippen LogP contribution is -2.54. The van der Waals surface area contributed by atoms with Gasteiger partial charge in [-0.15, -0.1) is 11.3 Å². The van der Waals surface area contributed by atoms with Gasteiger partial charge in [0.1, 0.15) is 0 Å². The summed E-state index contributed by atoms with van der Waals surface area (Å²) in [6.07, 6.45) is 3.76. The summed E-state index contributed by atoms with van der Waals surface area (Å²) in [7, 11) is -3.11. The SMILES string of the molecule is Cc1sc(C(=O)N[C@H]2CCS(=O)(=O)C[C@H]2N)cc1-c1cnc2cccnn12. The molecule has 1 aliphatic rings. The van der Waals surface area contributed by atoms with Crippen molar-refractivity contribution in [2.24, 2.45) is 5.73 Å². The fourth-order valence-corrected chi connectivity index (χ4v) is 5.82. The number of nitrogens with two attached hydrogens (primary N) is 1. The van der Waals surface area contributed by atoms with Gasteiger partial charge in [0.15, 0.2) is 15.5 Å². The van der Waals surface area contributed by atoms with Crippen LogP contribution in [0.5, 0.6) is 0 Å². The summed E-state index contributed by atoms with van der Waals surface area (Å²) in [6.45, 7) is 1.94. The third-order valence-electron chi connectivity index (χ3n) is 4.71. The summed E-state index contributed by atoms with van der Waals surface area (Å²) in [5.74, 6) is -0.288. The highest BCUT2D eigenvalue weighted by molar-refractivity contribution is 7.91. The first-order chi connectivity index (χ1) is 12.8. The van der Waals surface area contributed by atoms with E-state index in [1.807, 2.05) is 25.1 Å². The first-order valence-corrected chi connectivity index (χ1v) is 11.1. The second kappa shape index (κ2) is 6.70. The summed E-state index contributed by atoms with van der Waals surface area (Å²) in [5, 5.41) is 7.20. The van der Waals surface area contributed by atoms with Crippen LogP contribution in [0.2, 0.25) is 0 Å². The van der Waals surface area contributed by atoms with Crippen molar-refractivity contribution in [3.05, 3.63) is 40.3 Å². The Kier molecular flexibility index (Phi) is 4.49. The quantitative estimate of drug-likeness (QED) is 0.671. The van der Waals surface area contributed by atoms with Gasteiger partial charge in [-0.25, -0.2) is 17.9 Å². The van der Waals surface area contributed by atoms with Crippen molar-refractivity contribution in [3.63, 3.8) is 0 Å². The summed E-state index contributed by atoms with van der Waals surface area (Å²) in [5.41, 5.74) is 8.39. The number of carbonyl (C=O) groups excluding carboxylic acids is 1. The molecule has 0 spiro atoms. The summed E-state index contributed by atoms with van der Waals surface area (Å²) in [6, 6.07) is 4.57. The van der Waals surface area contributed by atoms with Gasteiger partial charge in [0.2, 0.25) is 0 Å². The molecule has 142 valence electrons. The third kappa shape index (κ3) is 3.47. The second-order valence-electron chi connectivity index (χ2n) is 6.66. The number of aryl methyl sites for hydroxylation is 1. The molecule has 0 saturated carbocycles. The lowest BCUT2D eigenvalue weighted by molar-refractivity contribution is 0.0934. The molecule has 0 radical (unpaired) electrons. The fraction of sp³-hybridized carbons (Fsp3) is 0.353. The standard InChI is InChI=1S/C17H19N5O3S2/c1-10-11(14-8-19-16-3-2-5-20-22(14)16)7-15(26-10)17(23)21-13-4-6-27(24,25)9-12(13)18/h2-3,5,7-8,12-13H,4,6,9,18H2,1H3,(H,21,23)/t12-,13+/m1/s1. The number of hydrogen-bond donors (Lipinski definition) is 2. The van der Waals surface area contributed by atoms with Crippen molar-refractivity contribution >= 4 is 32.7 Å². The van der Waals surface area contributed by atoms with Crippen LogP contribution in [-0.2, 0) is 9.84 Å². The largest absolute Gasteiger partial charge is 0.347 e. The zero-order chi connectivity index (χ0) is 19.2. The normalized spacial score (nSPS) is 22.0. The Morgan fingerprint density at radius 2 is 2.26 bits per heavy atom. The van der Waals surface area contributed by atoms with Crippen LogP contribution >= 0.6 is 11.3 Å². The number of carbonyl (C=O) groups is 1. The monoisotopic (exact) mass is 405 g/mol. The molecule has 0 aliphatic carbocycles. The zero-order valence-electron chi connectivity index (χ0n) is 14.6. The Morgan fingerprint density at radius 1 is 1.44 bits per heavy atom. The van der Waals surface area contributed by atoms with Gasteiger partial charge in [0.05, 0.1) is 28.3 Å². The van der Waals surface area contributed by atoms with Crippen molar-refractivity contribution in [1.82, 2.24) is 19.9 Å². The van der Waals surface area contributed by atoms with Gasteiger partial charge in [0, 0.05) is 28.7 Å². The molecule has 4 rings (SSSR count). The molecule has 8 nitrogen and oxygen atoms in total. The number of amides is 1. The molecular formula is C17H19N5O3S2. The molecule has 10 heteroatoms. The molecule has 1 fully saturated rings. The number of nitrogens with one attached hydrogen (secondary N) is 1. The van der Waals surface area contributed by atoms with Crippen molar-refractivity contribution in [2.45, 2.75) is 25.4 Å². The van der Waals surface area contributed by atoms with Gasteiger partial charge in [-0.1, -0.05) is 0 Å². The fourth-order valence-electron chi connectivity index (χ4n) is 3.29. The van der Waals surface area contributed by atoms with Crippen LogP contribution < -0.4 is 11.1 Å². The van der Waals surface area contributed by atoms with Gasteiger partial charge >= 0.3 is 0 Å². The average Bonchev–Trinajstić information content (AvgIpc) is 3.20. The molecule has 3 aromatic rings. The second-order valence-corrected chi connectivity index (χ2v) is 10.1. The molecule has 3 aromatic heterocycles. The Balaban J connectivity index is 1.57. The number of sulfone groups is 1. The smallest absolute Gasteiger partial charge is 0.261 e. The molecule has 3 N–H and O–H groups in total.